The van der Waals surface area contributed by atoms with Crippen LogP contribution in [-0.4, -0.2) is 127 Å². The van der Waals surface area contributed by atoms with Crippen molar-refractivity contribution in [2.75, 3.05) is 18.9 Å². The Morgan fingerprint density at radius 1 is 0.338 bits per heavy atom. The van der Waals surface area contributed by atoms with Crippen LogP contribution in [0.1, 0.15) is 92.3 Å². The second kappa shape index (κ2) is 37.4. The minimum Gasteiger partial charge on any atom is -0.346 e. The summed E-state index contributed by atoms with van der Waals surface area (Å²) in [7, 11) is -17.9. The maximum atomic E-state index is 13.3. The van der Waals surface area contributed by atoms with Crippen molar-refractivity contribution in [2.24, 2.45) is 0 Å². The van der Waals surface area contributed by atoms with E-state index in [4.69, 9.17) is 86.5 Å². The summed E-state index contributed by atoms with van der Waals surface area (Å²) >= 11 is 41.0. The van der Waals surface area contributed by atoms with Gasteiger partial charge in [-0.25, -0.2) is 83.5 Å². The molecule has 16 rings (SSSR count). The van der Waals surface area contributed by atoms with Gasteiger partial charge in [-0.3, -0.25) is 38.1 Å². The standard InChI is InChI=1S/C21H11ClF3N5O3S.C20H14Cl2N4O3S.2C19H10Cl2F3N5O3S/c22-12-7-17(18(29-10-12)19(31)14-3-5-27-20-15(14)4-6-28-20)30-34(32,33)13-2-1-11(9-26)16(8-13)21(23,24)25;1-11-2-3-13(9-16(11)22)30(28,29)26-17-8-12(21)10-25-18(17)19(27)14-4-6-23-20-15(14)5-7-24-20;2*20-9-5-14(29-33(31,32)10-1-2-13(21)12(6-10)19(22,23)24)16(26-7-9)17(30)15-11-3-4-25-18(11)28-8-27-15/h1-8,10,30H,(H,27,28);2-10,26H,1H3,(H,23,24);2*1-8,29H,(H,25,27,28). The molecule has 0 aliphatic heterocycles. The Morgan fingerprint density at radius 2 is 0.638 bits per heavy atom. The van der Waals surface area contributed by atoms with Gasteiger partial charge in [-0.05, 0) is 140 Å². The zero-order chi connectivity index (χ0) is 94.1. The number of rotatable bonds is 20. The van der Waals surface area contributed by atoms with Gasteiger partial charge in [0.2, 0.25) is 23.1 Å². The Hall–Kier alpha value is -13.3. The molecule has 12 aromatic heterocycles. The van der Waals surface area contributed by atoms with Crippen molar-refractivity contribution in [1.29, 1.82) is 5.26 Å². The van der Waals surface area contributed by atoms with E-state index in [0.29, 0.717) is 72.9 Å². The molecule has 8 N–H and O–H groups in total. The van der Waals surface area contributed by atoms with Crippen molar-refractivity contribution < 1.29 is 92.4 Å². The summed E-state index contributed by atoms with van der Waals surface area (Å²) in [5.41, 5.74) is -4.25. The number of alkyl halides is 9. The summed E-state index contributed by atoms with van der Waals surface area (Å²) in [5.74, 6) is -2.66. The highest BCUT2D eigenvalue weighted by molar-refractivity contribution is 7.93. The number of sulfonamides is 4. The number of anilines is 4. The van der Waals surface area contributed by atoms with Crippen LogP contribution in [0.5, 0.6) is 0 Å². The lowest BCUT2D eigenvalue weighted by molar-refractivity contribution is -0.138. The Kier molecular flexibility index (Phi) is 27.1. The molecule has 0 bridgehead atoms. The number of aromatic amines is 4. The number of H-pyrrole nitrogens is 4. The zero-order valence-corrected chi connectivity index (χ0v) is 72.7. The highest BCUT2D eigenvalue weighted by Crippen LogP contribution is 2.41. The van der Waals surface area contributed by atoms with E-state index in [0.717, 1.165) is 91.4 Å². The summed E-state index contributed by atoms with van der Waals surface area (Å²) in [6.07, 6.45) is 1.37. The van der Waals surface area contributed by atoms with Gasteiger partial charge in [0, 0.05) is 99.7 Å². The smallest absolute Gasteiger partial charge is 0.346 e. The number of carbonyl (C=O) groups is 4. The molecule has 130 heavy (non-hydrogen) atoms. The van der Waals surface area contributed by atoms with Crippen molar-refractivity contribution in [2.45, 2.75) is 45.0 Å². The van der Waals surface area contributed by atoms with Gasteiger partial charge in [0.25, 0.3) is 40.1 Å². The molecule has 16 aromatic rings. The number of hydrogen-bond donors (Lipinski definition) is 8. The number of aromatic nitrogens is 14. The fraction of sp³-hybridized carbons (Fsp3) is 0.0506. The highest BCUT2D eigenvalue weighted by Gasteiger charge is 2.39. The third kappa shape index (κ3) is 20.8. The maximum Gasteiger partial charge on any atom is 0.417 e. The molecule has 0 saturated heterocycles. The number of pyridine rings is 6. The number of benzene rings is 4. The number of nitriles is 1. The molecule has 0 radical (unpaired) electrons. The lowest BCUT2D eigenvalue weighted by Crippen LogP contribution is -2.18. The van der Waals surface area contributed by atoms with Crippen LogP contribution in [0.25, 0.3) is 44.1 Å². The quantitative estimate of drug-likeness (QED) is 0.0259. The summed E-state index contributed by atoms with van der Waals surface area (Å²) in [4.78, 5) is 102. The van der Waals surface area contributed by atoms with Gasteiger partial charge >= 0.3 is 18.5 Å². The molecule has 0 amide bonds. The minimum atomic E-state index is -4.96. The first kappa shape index (κ1) is 94.3. The van der Waals surface area contributed by atoms with Gasteiger partial charge in [0.15, 0.2) is 0 Å². The van der Waals surface area contributed by atoms with E-state index < -0.39 is 129 Å². The van der Waals surface area contributed by atoms with Crippen LogP contribution in [-0.2, 0) is 58.6 Å². The van der Waals surface area contributed by atoms with Crippen molar-refractivity contribution in [3.63, 3.8) is 0 Å². The average molecular weight is 2000 g/mol. The fourth-order valence-corrected chi connectivity index (χ4v) is 17.7. The molecule has 31 nitrogen and oxygen atoms in total. The number of halogens is 16. The second-order valence-electron chi connectivity index (χ2n) is 26.6. The van der Waals surface area contributed by atoms with Gasteiger partial charge in [0.05, 0.1) is 101 Å². The molecule has 0 fully saturated rings. The number of hydrogen-bond acceptors (Lipinski definition) is 23. The lowest BCUT2D eigenvalue weighted by Gasteiger charge is -2.14. The molecule has 0 aliphatic rings. The summed E-state index contributed by atoms with van der Waals surface area (Å²) < 4.78 is 231. The molecular weight excluding hydrogens is 1950 g/mol. The van der Waals surface area contributed by atoms with Crippen LogP contribution in [0.2, 0.25) is 35.2 Å². The molecule has 0 atom stereocenters. The highest BCUT2D eigenvalue weighted by atomic mass is 35.5. The minimum absolute atomic E-state index is 0.0217. The SMILES string of the molecule is Cc1ccc(S(=O)(=O)Nc2cc(Cl)cnc2C(=O)c2ccnc3[nH]ccc23)cc1Cl.N#Cc1ccc(S(=O)(=O)Nc2cc(Cl)cnc2C(=O)c2ccnc3[nH]ccc23)cc1C(F)(F)F.O=C(c1ncc(Cl)cc1NS(=O)(=O)c1ccc(Cl)c(C(F)(F)F)c1)c1ncnc2[nH]ccc12.O=C(c1ncc(Cl)cc1NS(=O)(=O)c1ccc(Cl)c(C(F)(F)F)c1)c1ncnc2[nH]ccc12. The van der Waals surface area contributed by atoms with Gasteiger partial charge in [-0.2, -0.15) is 44.8 Å². The first-order valence-electron chi connectivity index (χ1n) is 35.7. The molecule has 12 heterocycles. The van der Waals surface area contributed by atoms with Gasteiger partial charge < -0.3 is 19.9 Å². The third-order valence-corrected chi connectivity index (χ3v) is 25.4. The number of ketones is 4. The number of nitrogens with one attached hydrogen (secondary N) is 8. The molecular formula is C79H45Cl7F9N19O12S4. The van der Waals surface area contributed by atoms with Crippen molar-refractivity contribution in [3.05, 3.63) is 316 Å². The molecule has 0 saturated carbocycles. The number of carbonyl (C=O) groups excluding carboxylic acids is 4. The van der Waals surface area contributed by atoms with Gasteiger partial charge in [0.1, 0.15) is 69.4 Å². The Morgan fingerprint density at radius 3 is 0.969 bits per heavy atom. The summed E-state index contributed by atoms with van der Waals surface area (Å²) in [6.45, 7) is 1.76. The van der Waals surface area contributed by atoms with E-state index in [1.165, 1.54) is 61.3 Å². The molecule has 51 heteroatoms. The maximum absolute atomic E-state index is 13.3. The van der Waals surface area contributed by atoms with E-state index in [9.17, 15) is 92.4 Å². The van der Waals surface area contributed by atoms with Crippen LogP contribution < -0.4 is 18.9 Å². The molecule has 0 unspecified atom stereocenters. The van der Waals surface area contributed by atoms with E-state index >= 15 is 0 Å². The van der Waals surface area contributed by atoms with Crippen LogP contribution >= 0.6 is 81.2 Å². The van der Waals surface area contributed by atoms with Crippen LogP contribution in [0.15, 0.2) is 228 Å². The van der Waals surface area contributed by atoms with Crippen molar-refractivity contribution >= 4 is 211 Å². The Balaban J connectivity index is 0.000000148. The Bertz CT molecular complexity index is 7600. The van der Waals surface area contributed by atoms with Crippen LogP contribution in [0, 0.1) is 18.3 Å². The third-order valence-electron chi connectivity index (χ3n) is 18.1. The van der Waals surface area contributed by atoms with E-state index in [1.807, 2.05) is 0 Å². The fourth-order valence-electron chi connectivity index (χ4n) is 12.1. The number of aryl methyl sites for hydroxylation is 1. The first-order valence-corrected chi connectivity index (χ1v) is 44.2. The van der Waals surface area contributed by atoms with E-state index in [2.05, 4.69) is 88.7 Å². The topological polar surface area (TPSA) is 469 Å². The lowest BCUT2D eigenvalue weighted by atomic mass is 10.0. The Labute approximate surface area is 759 Å². The predicted octanol–water partition coefficient (Wildman–Crippen LogP) is 18.6. The molecule has 0 spiro atoms. The number of nitrogens with zero attached hydrogens (tertiary/aromatic N) is 11. The normalized spacial score (nSPS) is 11.9. The van der Waals surface area contributed by atoms with Crippen LogP contribution in [0.4, 0.5) is 62.3 Å². The van der Waals surface area contributed by atoms with E-state index in [1.54, 1.807) is 55.7 Å². The van der Waals surface area contributed by atoms with Gasteiger partial charge in [-0.15, -0.1) is 0 Å². The summed E-state index contributed by atoms with van der Waals surface area (Å²) in [5, 5.41) is 9.79. The molecule has 4 aromatic carbocycles. The average Bonchev–Trinajstić information content (AvgIpc) is 1.21. The second-order valence-corrected chi connectivity index (χ2v) is 36.3. The first-order chi connectivity index (χ1) is 61.2. The number of fused-ring (bicyclic) bond motifs is 4. The predicted molar refractivity (Wildman–Crippen MR) is 459 cm³/mol. The van der Waals surface area contributed by atoms with Crippen molar-refractivity contribution in [1.82, 2.24) is 69.8 Å². The van der Waals surface area contributed by atoms with Gasteiger partial charge in [-0.1, -0.05) is 87.3 Å². The van der Waals surface area contributed by atoms with Crippen molar-refractivity contribution in [3.8, 4) is 6.07 Å². The molecule has 0 aliphatic carbocycles. The zero-order valence-electron chi connectivity index (χ0n) is 64.1. The largest absolute Gasteiger partial charge is 0.417 e. The van der Waals surface area contributed by atoms with E-state index in [-0.39, 0.29) is 87.5 Å². The van der Waals surface area contributed by atoms with Crippen LogP contribution in [0.3, 0.4) is 0 Å². The molecule has 664 valence electrons. The monoisotopic (exact) mass is 2000 g/mol. The summed E-state index contributed by atoms with van der Waals surface area (Å²) in [6, 6.07) is 25.9.